The van der Waals surface area contributed by atoms with E-state index in [1.165, 1.54) is 27.9 Å². The summed E-state index contributed by atoms with van der Waals surface area (Å²) in [5.74, 6) is 0.0635. The normalized spacial score (nSPS) is 14.2. The Labute approximate surface area is 208 Å². The summed E-state index contributed by atoms with van der Waals surface area (Å²) in [6.07, 6.45) is 1.45. The van der Waals surface area contributed by atoms with E-state index in [1.807, 2.05) is 11.8 Å². The van der Waals surface area contributed by atoms with E-state index in [-0.39, 0.29) is 12.5 Å². The van der Waals surface area contributed by atoms with Crippen molar-refractivity contribution >= 4 is 23.0 Å². The van der Waals surface area contributed by atoms with Gasteiger partial charge < -0.3 is 15.2 Å². The second kappa shape index (κ2) is 11.6. The highest BCUT2D eigenvalue weighted by Crippen LogP contribution is 2.32. The van der Waals surface area contributed by atoms with Gasteiger partial charge in [-0.3, -0.25) is 9.79 Å². The molecule has 5 heteroatoms. The van der Waals surface area contributed by atoms with Crippen molar-refractivity contribution in [1.82, 2.24) is 4.90 Å². The van der Waals surface area contributed by atoms with Crippen LogP contribution in [0.5, 0.6) is 0 Å². The molecule has 35 heavy (non-hydrogen) atoms. The van der Waals surface area contributed by atoms with Crippen LogP contribution in [0.15, 0.2) is 83.9 Å². The summed E-state index contributed by atoms with van der Waals surface area (Å²) in [6, 6.07) is 27.9. The lowest BCUT2D eigenvalue weighted by molar-refractivity contribution is -0.129. The van der Waals surface area contributed by atoms with Crippen molar-refractivity contribution in [2.75, 3.05) is 37.6 Å². The summed E-state index contributed by atoms with van der Waals surface area (Å²) in [7, 11) is 0. The fourth-order valence-electron chi connectivity index (χ4n) is 4.61. The zero-order chi connectivity index (χ0) is 24.6. The van der Waals surface area contributed by atoms with Gasteiger partial charge in [-0.15, -0.1) is 0 Å². The van der Waals surface area contributed by atoms with Crippen molar-refractivity contribution < 1.29 is 4.79 Å². The average molecular weight is 467 g/mol. The first-order chi connectivity index (χ1) is 17.0. The van der Waals surface area contributed by atoms with Crippen LogP contribution in [0.25, 0.3) is 11.1 Å². The van der Waals surface area contributed by atoms with Crippen molar-refractivity contribution in [2.24, 2.45) is 4.99 Å². The first-order valence-electron chi connectivity index (χ1n) is 12.3. The van der Waals surface area contributed by atoms with Gasteiger partial charge in [0.25, 0.3) is 0 Å². The molecular weight excluding hydrogens is 432 g/mol. The molecule has 1 amide bonds. The van der Waals surface area contributed by atoms with Crippen LogP contribution < -0.4 is 4.90 Å². The lowest BCUT2D eigenvalue weighted by Gasteiger charge is -2.37. The molecule has 3 aromatic carbocycles. The number of rotatable bonds is 8. The molecule has 1 saturated heterocycles. The van der Waals surface area contributed by atoms with Crippen LogP contribution in [-0.2, 0) is 11.2 Å². The molecule has 0 aliphatic carbocycles. The van der Waals surface area contributed by atoms with Gasteiger partial charge in [0.1, 0.15) is 6.54 Å². The molecule has 1 aliphatic rings. The second-order valence-corrected chi connectivity index (χ2v) is 9.26. The maximum Gasteiger partial charge on any atom is 0.244 e. The molecule has 3 aromatic rings. The van der Waals surface area contributed by atoms with Crippen LogP contribution in [0.4, 0.5) is 5.69 Å². The maximum atomic E-state index is 12.7. The number of nitrogens with zero attached hydrogens (tertiary/aromatic N) is 3. The van der Waals surface area contributed by atoms with E-state index in [9.17, 15) is 4.79 Å². The first-order valence-corrected chi connectivity index (χ1v) is 12.3. The Bertz CT molecular complexity index is 1190. The lowest BCUT2D eigenvalue weighted by atomic mass is 9.97. The summed E-state index contributed by atoms with van der Waals surface area (Å²) < 4.78 is 0. The largest absolute Gasteiger partial charge is 0.367 e. The number of hydrogen-bond donors (Lipinski definition) is 1. The minimum absolute atomic E-state index is 0.0635. The minimum Gasteiger partial charge on any atom is -0.367 e. The second-order valence-electron chi connectivity index (χ2n) is 9.26. The fraction of sp³-hybridized carbons (Fsp3) is 0.300. The predicted octanol–water partition coefficient (Wildman–Crippen LogP) is 5.48. The van der Waals surface area contributed by atoms with Crippen molar-refractivity contribution in [3.05, 3.63) is 90.0 Å². The van der Waals surface area contributed by atoms with Gasteiger partial charge >= 0.3 is 0 Å². The van der Waals surface area contributed by atoms with E-state index >= 15 is 0 Å². The van der Waals surface area contributed by atoms with Crippen molar-refractivity contribution in [3.63, 3.8) is 0 Å². The number of para-hydroxylation sites is 1. The third-order valence-electron chi connectivity index (χ3n) is 6.37. The number of carbonyl (C=O) groups is 1. The van der Waals surface area contributed by atoms with Crippen LogP contribution in [0.2, 0.25) is 0 Å². The van der Waals surface area contributed by atoms with Gasteiger partial charge in [0.15, 0.2) is 0 Å². The fourth-order valence-corrected chi connectivity index (χ4v) is 4.61. The number of aliphatic imine (C=N–C) groups is 1. The van der Waals surface area contributed by atoms with Crippen LogP contribution in [0.3, 0.4) is 0 Å². The summed E-state index contributed by atoms with van der Waals surface area (Å²) in [6.45, 7) is 6.80. The monoisotopic (exact) mass is 466 g/mol. The van der Waals surface area contributed by atoms with Crippen LogP contribution in [0.1, 0.15) is 31.4 Å². The van der Waals surface area contributed by atoms with Gasteiger partial charge in [-0.05, 0) is 43.0 Å². The molecule has 4 rings (SSSR count). The topological polar surface area (TPSA) is 59.8 Å². The van der Waals surface area contributed by atoms with E-state index in [4.69, 9.17) is 5.41 Å². The Morgan fingerprint density at radius 1 is 0.857 bits per heavy atom. The SMILES string of the molecule is CC(=N)CC(C)=NCC(=O)N1CCN(c2ccccc2-c2cccc(Cc3ccccc3)c2)CC1. The molecular formula is C30H34N4O. The van der Waals surface area contributed by atoms with Gasteiger partial charge in [-0.2, -0.15) is 0 Å². The minimum atomic E-state index is 0.0635. The number of piperazine rings is 1. The number of nitrogens with one attached hydrogen (secondary N) is 1. The zero-order valence-corrected chi connectivity index (χ0v) is 20.7. The molecule has 1 aliphatic heterocycles. The van der Waals surface area contributed by atoms with E-state index in [0.29, 0.717) is 25.2 Å². The number of benzene rings is 3. The van der Waals surface area contributed by atoms with E-state index in [2.05, 4.69) is 88.8 Å². The Morgan fingerprint density at radius 3 is 2.29 bits per heavy atom. The zero-order valence-electron chi connectivity index (χ0n) is 20.7. The Kier molecular flexibility index (Phi) is 8.09. The van der Waals surface area contributed by atoms with Crippen molar-refractivity contribution in [1.29, 1.82) is 5.41 Å². The highest BCUT2D eigenvalue weighted by atomic mass is 16.2. The number of anilines is 1. The molecule has 1 fully saturated rings. The summed E-state index contributed by atoms with van der Waals surface area (Å²) in [5.41, 5.74) is 7.68. The summed E-state index contributed by atoms with van der Waals surface area (Å²) >= 11 is 0. The van der Waals surface area contributed by atoms with Gasteiger partial charge in [-0.1, -0.05) is 72.8 Å². The van der Waals surface area contributed by atoms with Gasteiger partial charge in [0.2, 0.25) is 5.91 Å². The molecule has 0 bridgehead atoms. The van der Waals surface area contributed by atoms with Gasteiger partial charge in [0.05, 0.1) is 0 Å². The number of amides is 1. The molecule has 0 unspecified atom stereocenters. The smallest absolute Gasteiger partial charge is 0.244 e. The molecule has 0 spiro atoms. The lowest BCUT2D eigenvalue weighted by Crippen LogP contribution is -2.49. The highest BCUT2D eigenvalue weighted by Gasteiger charge is 2.22. The predicted molar refractivity (Wildman–Crippen MR) is 146 cm³/mol. The highest BCUT2D eigenvalue weighted by molar-refractivity contribution is 6.01. The van der Waals surface area contributed by atoms with Gasteiger partial charge in [0, 0.05) is 55.3 Å². The van der Waals surface area contributed by atoms with E-state index < -0.39 is 0 Å². The average Bonchev–Trinajstić information content (AvgIpc) is 2.88. The van der Waals surface area contributed by atoms with Crippen LogP contribution >= 0.6 is 0 Å². The Morgan fingerprint density at radius 2 is 1.54 bits per heavy atom. The summed E-state index contributed by atoms with van der Waals surface area (Å²) in [5, 5.41) is 7.57. The number of carbonyl (C=O) groups excluding carboxylic acids is 1. The van der Waals surface area contributed by atoms with Crippen molar-refractivity contribution in [3.8, 4) is 11.1 Å². The van der Waals surface area contributed by atoms with Crippen LogP contribution in [0, 0.1) is 5.41 Å². The third-order valence-corrected chi connectivity index (χ3v) is 6.37. The molecule has 0 aromatic heterocycles. The molecule has 0 saturated carbocycles. The number of hydrogen-bond acceptors (Lipinski definition) is 4. The Hall–Kier alpha value is -3.73. The quantitative estimate of drug-likeness (QED) is 0.447. The van der Waals surface area contributed by atoms with Gasteiger partial charge in [-0.25, -0.2) is 0 Å². The molecule has 5 nitrogen and oxygen atoms in total. The van der Waals surface area contributed by atoms with E-state index in [1.54, 1.807) is 6.92 Å². The first kappa shape index (κ1) is 24.4. The standard InChI is InChI=1S/C30H34N4O/c1-23(31)19-24(2)32-22-30(35)34-17-15-33(16-18-34)29-14-7-6-13-28(29)27-12-8-11-26(21-27)20-25-9-4-3-5-10-25/h3-14,21,31H,15-20,22H2,1-2H3. The van der Waals surface area contributed by atoms with Crippen molar-refractivity contribution in [2.45, 2.75) is 26.7 Å². The molecule has 0 atom stereocenters. The Balaban J connectivity index is 1.43. The van der Waals surface area contributed by atoms with E-state index in [0.717, 1.165) is 25.2 Å². The molecule has 1 N–H and O–H groups in total. The molecule has 1 heterocycles. The molecule has 0 radical (unpaired) electrons. The van der Waals surface area contributed by atoms with Crippen LogP contribution in [-0.4, -0.2) is 55.0 Å². The third kappa shape index (κ3) is 6.66. The summed E-state index contributed by atoms with van der Waals surface area (Å²) in [4.78, 5) is 21.3. The maximum absolute atomic E-state index is 12.7. The molecule has 180 valence electrons.